The molecule has 10 nitrogen and oxygen atoms in total. The molecule has 4 atom stereocenters. The largest absolute Gasteiger partial charge is 0.381 e. The highest BCUT2D eigenvalue weighted by molar-refractivity contribution is 6.02. The number of hydroxylamine groups is 2. The molecule has 4 aromatic rings. The first-order valence-electron chi connectivity index (χ1n) is 13.7. The fraction of sp³-hybridized carbons (Fsp3) is 0.290. The molecule has 208 valence electrons. The molecular formula is C31H29N5O5. The average molecular weight is 552 g/mol. The van der Waals surface area contributed by atoms with Crippen molar-refractivity contribution >= 4 is 28.4 Å². The molecule has 41 heavy (non-hydrogen) atoms. The second kappa shape index (κ2) is 9.07. The van der Waals surface area contributed by atoms with E-state index in [2.05, 4.69) is 5.32 Å². The van der Waals surface area contributed by atoms with Gasteiger partial charge >= 0.3 is 0 Å². The van der Waals surface area contributed by atoms with E-state index in [0.29, 0.717) is 39.8 Å². The Kier molecular flexibility index (Phi) is 5.66. The number of carbonyl (C=O) groups excluding carboxylic acids is 2. The molecule has 4 heterocycles. The van der Waals surface area contributed by atoms with E-state index in [0.717, 1.165) is 5.06 Å². The summed E-state index contributed by atoms with van der Waals surface area (Å²) in [5, 5.41) is 28.3. The molecule has 2 amide bonds. The molecule has 10 heteroatoms. The number of nitrogens with zero attached hydrogens (tertiary/aromatic N) is 4. The first-order chi connectivity index (χ1) is 19.7. The number of benzene rings is 3. The van der Waals surface area contributed by atoms with Crippen LogP contribution >= 0.6 is 0 Å². The molecule has 3 N–H and O–H groups in total. The minimum absolute atomic E-state index is 0.123. The monoisotopic (exact) mass is 551 g/mol. The average Bonchev–Trinajstić information content (AvgIpc) is 3.32. The predicted octanol–water partition coefficient (Wildman–Crippen LogP) is 3.24. The highest BCUT2D eigenvalue weighted by Gasteiger charge is 2.62. The third-order valence-corrected chi connectivity index (χ3v) is 8.41. The zero-order valence-electron chi connectivity index (χ0n) is 22.6. The van der Waals surface area contributed by atoms with Gasteiger partial charge in [-0.15, -0.1) is 0 Å². The summed E-state index contributed by atoms with van der Waals surface area (Å²) in [5.74, 6) is -0.346. The van der Waals surface area contributed by atoms with Crippen LogP contribution < -0.4 is 15.8 Å². The van der Waals surface area contributed by atoms with Gasteiger partial charge in [-0.25, -0.2) is 4.98 Å². The number of rotatable bonds is 4. The van der Waals surface area contributed by atoms with Crippen LogP contribution in [0.1, 0.15) is 54.5 Å². The maximum absolute atomic E-state index is 13.9. The van der Waals surface area contributed by atoms with Crippen LogP contribution in [-0.2, 0) is 10.4 Å². The Balaban J connectivity index is 1.42. The second-order valence-corrected chi connectivity index (χ2v) is 11.4. The standard InChI is InChI=1S/C31H29N5O5/c1-17(2)15-25-29(39)35-24-14-8-5-11-20(24)31(40,30(35)36(25)41)16-22-26-32-21-12-6-3-9-18(21)28(38)34(26)23-13-7-4-10-19(23)27(37)33-22/h3-14,17,22,25,30,40-41H,15-16H2,1-2H3,(H,33,37)/t22-,25+,30-,31+/m1/s1. The van der Waals surface area contributed by atoms with E-state index in [4.69, 9.17) is 4.98 Å². The summed E-state index contributed by atoms with van der Waals surface area (Å²) in [7, 11) is 0. The van der Waals surface area contributed by atoms with Gasteiger partial charge in [-0.3, -0.25) is 23.9 Å². The molecule has 0 saturated carbocycles. The van der Waals surface area contributed by atoms with Crippen molar-refractivity contribution in [1.29, 1.82) is 0 Å². The first kappa shape index (κ1) is 25.6. The van der Waals surface area contributed by atoms with Gasteiger partial charge in [0.05, 0.1) is 33.9 Å². The quantitative estimate of drug-likeness (QED) is 0.355. The second-order valence-electron chi connectivity index (χ2n) is 11.4. The summed E-state index contributed by atoms with van der Waals surface area (Å²) < 4.78 is 1.43. The smallest absolute Gasteiger partial charge is 0.266 e. The van der Waals surface area contributed by atoms with Crippen LogP contribution in [0, 0.1) is 5.92 Å². The van der Waals surface area contributed by atoms with Gasteiger partial charge in [0.2, 0.25) is 5.91 Å². The summed E-state index contributed by atoms with van der Waals surface area (Å²) >= 11 is 0. The van der Waals surface area contributed by atoms with Gasteiger partial charge in [0.1, 0.15) is 23.6 Å². The van der Waals surface area contributed by atoms with Crippen LogP contribution in [0.4, 0.5) is 5.69 Å². The Labute approximate surface area is 235 Å². The molecule has 0 aliphatic carbocycles. The first-order valence-corrected chi connectivity index (χ1v) is 13.7. The Hall–Kier alpha value is -4.38. The van der Waals surface area contributed by atoms with Crippen molar-refractivity contribution in [3.8, 4) is 5.69 Å². The lowest BCUT2D eigenvalue weighted by Crippen LogP contribution is -2.52. The molecule has 1 aromatic heterocycles. The van der Waals surface area contributed by atoms with Crippen molar-refractivity contribution in [3.05, 3.63) is 100 Å². The number of anilines is 1. The van der Waals surface area contributed by atoms with E-state index < -0.39 is 29.8 Å². The van der Waals surface area contributed by atoms with Crippen LogP contribution in [0.15, 0.2) is 77.6 Å². The maximum atomic E-state index is 13.9. The number of para-hydroxylation sites is 3. The lowest BCUT2D eigenvalue weighted by molar-refractivity contribution is -0.190. The zero-order valence-corrected chi connectivity index (χ0v) is 22.6. The predicted molar refractivity (Wildman–Crippen MR) is 151 cm³/mol. The maximum Gasteiger partial charge on any atom is 0.266 e. The van der Waals surface area contributed by atoms with Gasteiger partial charge in [-0.1, -0.05) is 56.3 Å². The molecule has 1 fully saturated rings. The van der Waals surface area contributed by atoms with Crippen LogP contribution in [-0.4, -0.2) is 49.0 Å². The zero-order chi connectivity index (χ0) is 28.6. The molecule has 1 saturated heterocycles. The lowest BCUT2D eigenvalue weighted by Gasteiger charge is -2.36. The molecule has 3 aromatic carbocycles. The number of hydrogen-bond acceptors (Lipinski definition) is 7. The summed E-state index contributed by atoms with van der Waals surface area (Å²) in [6, 6.07) is 19.0. The highest BCUT2D eigenvalue weighted by atomic mass is 16.5. The van der Waals surface area contributed by atoms with Crippen LogP contribution in [0.3, 0.4) is 0 Å². The minimum Gasteiger partial charge on any atom is -0.381 e. The number of carbonyl (C=O) groups is 2. The van der Waals surface area contributed by atoms with E-state index in [1.807, 2.05) is 13.8 Å². The van der Waals surface area contributed by atoms with Crippen LogP contribution in [0.25, 0.3) is 16.6 Å². The van der Waals surface area contributed by atoms with Gasteiger partial charge in [0, 0.05) is 12.0 Å². The Morgan fingerprint density at radius 2 is 1.63 bits per heavy atom. The van der Waals surface area contributed by atoms with E-state index in [1.54, 1.807) is 72.8 Å². The summed E-state index contributed by atoms with van der Waals surface area (Å²) in [5.41, 5.74) is -0.0456. The number of aromatic nitrogens is 2. The molecule has 3 aliphatic rings. The van der Waals surface area contributed by atoms with Crippen molar-refractivity contribution in [3.63, 3.8) is 0 Å². The Morgan fingerprint density at radius 3 is 2.41 bits per heavy atom. The molecular weight excluding hydrogens is 522 g/mol. The highest BCUT2D eigenvalue weighted by Crippen LogP contribution is 2.52. The fourth-order valence-electron chi connectivity index (χ4n) is 6.66. The third kappa shape index (κ3) is 3.61. The van der Waals surface area contributed by atoms with Gasteiger partial charge in [0.15, 0.2) is 0 Å². The Bertz CT molecular complexity index is 1800. The lowest BCUT2D eigenvalue weighted by atomic mass is 9.85. The Morgan fingerprint density at radius 1 is 0.951 bits per heavy atom. The molecule has 0 radical (unpaired) electrons. The van der Waals surface area contributed by atoms with Crippen LogP contribution in [0.2, 0.25) is 0 Å². The molecule has 0 spiro atoms. The topological polar surface area (TPSA) is 128 Å². The molecule has 0 bridgehead atoms. The number of amides is 2. The van der Waals surface area contributed by atoms with Crippen molar-refractivity contribution in [2.45, 2.75) is 50.5 Å². The number of nitrogens with one attached hydrogen (secondary N) is 1. The molecule has 3 aliphatic heterocycles. The normalized spacial score (nSPS) is 25.1. The van der Waals surface area contributed by atoms with Gasteiger partial charge in [-0.2, -0.15) is 5.06 Å². The van der Waals surface area contributed by atoms with E-state index in [9.17, 15) is 24.7 Å². The van der Waals surface area contributed by atoms with Gasteiger partial charge < -0.3 is 15.6 Å². The van der Waals surface area contributed by atoms with E-state index in [-0.39, 0.29) is 29.6 Å². The van der Waals surface area contributed by atoms with Crippen molar-refractivity contribution in [1.82, 2.24) is 19.9 Å². The molecule has 0 unspecified atom stereocenters. The summed E-state index contributed by atoms with van der Waals surface area (Å²) in [6.07, 6.45) is -0.879. The fourth-order valence-corrected chi connectivity index (χ4v) is 6.66. The third-order valence-electron chi connectivity index (χ3n) is 8.41. The number of aliphatic hydroxyl groups is 1. The number of fused-ring (bicyclic) bond motifs is 7. The van der Waals surface area contributed by atoms with E-state index in [1.165, 1.54) is 9.47 Å². The summed E-state index contributed by atoms with van der Waals surface area (Å²) in [4.78, 5) is 47.4. The number of hydrogen-bond donors (Lipinski definition) is 3. The van der Waals surface area contributed by atoms with Gasteiger partial charge in [-0.05, 0) is 42.7 Å². The summed E-state index contributed by atoms with van der Waals surface area (Å²) in [6.45, 7) is 3.93. The van der Waals surface area contributed by atoms with Crippen molar-refractivity contribution in [2.24, 2.45) is 5.92 Å². The van der Waals surface area contributed by atoms with Gasteiger partial charge in [0.25, 0.3) is 11.5 Å². The van der Waals surface area contributed by atoms with E-state index >= 15 is 0 Å². The van der Waals surface area contributed by atoms with Crippen molar-refractivity contribution < 1.29 is 19.9 Å². The SMILES string of the molecule is CC(C)C[C@H]1C(=O)N2c3ccccc3[C@@](O)(C[C@H]3NC(=O)c4ccccc4-n4c3nc3ccccc3c4=O)[C@H]2N1O. The molecule has 7 rings (SSSR count). The minimum atomic E-state index is -1.81. The van der Waals surface area contributed by atoms with Crippen LogP contribution in [0.5, 0.6) is 0 Å². The van der Waals surface area contributed by atoms with Crippen molar-refractivity contribution in [2.75, 3.05) is 4.90 Å².